The Hall–Kier alpha value is -1.57. The van der Waals surface area contributed by atoms with Crippen molar-refractivity contribution in [3.63, 3.8) is 0 Å². The van der Waals surface area contributed by atoms with E-state index < -0.39 is 0 Å². The van der Waals surface area contributed by atoms with Crippen molar-refractivity contribution in [3.8, 4) is 5.75 Å². The molecule has 1 fully saturated rings. The fourth-order valence-electron chi connectivity index (χ4n) is 3.18. The first-order chi connectivity index (χ1) is 10.4. The van der Waals surface area contributed by atoms with Gasteiger partial charge in [-0.1, -0.05) is 46.1 Å². The van der Waals surface area contributed by atoms with Crippen molar-refractivity contribution in [1.82, 2.24) is 4.98 Å². The zero-order valence-electron chi connectivity index (χ0n) is 14.4. The number of hydrogen-bond acceptors (Lipinski definition) is 2. The Kier molecular flexibility index (Phi) is 5.44. The summed E-state index contributed by atoms with van der Waals surface area (Å²) in [6, 6.07) is 9.06. The molecule has 22 heavy (non-hydrogen) atoms. The quantitative estimate of drug-likeness (QED) is 0.660. The van der Waals surface area contributed by atoms with Gasteiger partial charge in [0.1, 0.15) is 5.75 Å². The molecule has 1 aromatic heterocycles. The molecule has 1 N–H and O–H groups in total. The number of aromatic nitrogens is 1. The zero-order chi connectivity index (χ0) is 16.2. The van der Waals surface area contributed by atoms with Crippen LogP contribution in [0.2, 0.25) is 0 Å². The molecular formula is C20H29NO. The highest BCUT2D eigenvalue weighted by atomic mass is 16.3. The van der Waals surface area contributed by atoms with Crippen molar-refractivity contribution in [2.45, 2.75) is 59.8 Å². The maximum Gasteiger partial charge on any atom is 0.116 e. The number of pyridine rings is 1. The summed E-state index contributed by atoms with van der Waals surface area (Å²) in [6.45, 7) is 9.08. The van der Waals surface area contributed by atoms with E-state index in [1.54, 1.807) is 12.1 Å². The summed E-state index contributed by atoms with van der Waals surface area (Å²) in [5, 5.41) is 10.1. The van der Waals surface area contributed by atoms with Crippen LogP contribution in [0.25, 0.3) is 10.9 Å². The lowest BCUT2D eigenvalue weighted by atomic mass is 9.72. The molecule has 0 spiro atoms. The first kappa shape index (κ1) is 16.8. The highest BCUT2D eigenvalue weighted by Gasteiger charge is 2.25. The lowest BCUT2D eigenvalue weighted by Crippen LogP contribution is -2.22. The van der Waals surface area contributed by atoms with Crippen LogP contribution in [0.15, 0.2) is 30.3 Å². The molecule has 0 saturated heterocycles. The molecule has 0 unspecified atom stereocenters. The Bertz CT molecular complexity index is 565. The van der Waals surface area contributed by atoms with Gasteiger partial charge in [0.2, 0.25) is 0 Å². The molecule has 0 amide bonds. The molecule has 0 radical (unpaired) electrons. The van der Waals surface area contributed by atoms with Gasteiger partial charge in [-0.05, 0) is 55.4 Å². The molecule has 1 saturated carbocycles. The molecule has 2 nitrogen and oxygen atoms in total. The van der Waals surface area contributed by atoms with Crippen LogP contribution in [-0.2, 0) is 0 Å². The van der Waals surface area contributed by atoms with Crippen molar-refractivity contribution in [2.24, 2.45) is 11.3 Å². The number of aryl methyl sites for hydroxylation is 1. The van der Waals surface area contributed by atoms with Gasteiger partial charge in [0.25, 0.3) is 0 Å². The lowest BCUT2D eigenvalue weighted by molar-refractivity contribution is 0.180. The Morgan fingerprint density at radius 1 is 1.00 bits per heavy atom. The van der Waals surface area contributed by atoms with E-state index in [0.29, 0.717) is 5.41 Å². The van der Waals surface area contributed by atoms with Gasteiger partial charge in [-0.2, -0.15) is 0 Å². The van der Waals surface area contributed by atoms with Gasteiger partial charge in [0.05, 0.1) is 5.52 Å². The average molecular weight is 299 g/mol. The lowest BCUT2D eigenvalue weighted by Gasteiger charge is -2.33. The topological polar surface area (TPSA) is 33.1 Å². The monoisotopic (exact) mass is 299 g/mol. The third-order valence-electron chi connectivity index (χ3n) is 4.64. The van der Waals surface area contributed by atoms with E-state index >= 15 is 0 Å². The maximum atomic E-state index is 9.17. The van der Waals surface area contributed by atoms with E-state index in [-0.39, 0.29) is 5.75 Å². The Morgan fingerprint density at radius 2 is 1.68 bits per heavy atom. The van der Waals surface area contributed by atoms with Crippen LogP contribution < -0.4 is 0 Å². The van der Waals surface area contributed by atoms with Gasteiger partial charge in [-0.15, -0.1) is 0 Å². The molecule has 1 aliphatic carbocycles. The fraction of sp³-hybridized carbons (Fsp3) is 0.550. The van der Waals surface area contributed by atoms with Gasteiger partial charge in [0, 0.05) is 11.1 Å². The minimum absolute atomic E-state index is 0.285. The second kappa shape index (κ2) is 7.13. The summed E-state index contributed by atoms with van der Waals surface area (Å²) in [6.07, 6.45) is 7.38. The summed E-state index contributed by atoms with van der Waals surface area (Å²) in [4.78, 5) is 4.31. The first-order valence-corrected chi connectivity index (χ1v) is 8.42. The number of benzene rings is 1. The van der Waals surface area contributed by atoms with Crippen LogP contribution in [0.3, 0.4) is 0 Å². The van der Waals surface area contributed by atoms with Crippen LogP contribution in [0, 0.1) is 18.3 Å². The molecule has 120 valence electrons. The van der Waals surface area contributed by atoms with Crippen molar-refractivity contribution >= 4 is 10.9 Å². The second-order valence-corrected chi connectivity index (χ2v) is 7.53. The largest absolute Gasteiger partial charge is 0.508 e. The Morgan fingerprint density at radius 3 is 2.27 bits per heavy atom. The zero-order valence-corrected chi connectivity index (χ0v) is 14.4. The second-order valence-electron chi connectivity index (χ2n) is 7.53. The molecule has 1 heterocycles. The minimum atomic E-state index is 0.285. The van der Waals surface area contributed by atoms with Crippen molar-refractivity contribution in [2.75, 3.05) is 0 Å². The summed E-state index contributed by atoms with van der Waals surface area (Å²) < 4.78 is 0. The summed E-state index contributed by atoms with van der Waals surface area (Å²) in [5.74, 6) is 1.29. The average Bonchev–Trinajstić information content (AvgIpc) is 2.48. The third-order valence-corrected chi connectivity index (χ3v) is 4.64. The summed E-state index contributed by atoms with van der Waals surface area (Å²) in [7, 11) is 0. The number of phenolic OH excluding ortho intramolecular Hbond substituents is 1. The van der Waals surface area contributed by atoms with Gasteiger partial charge < -0.3 is 5.11 Å². The number of phenols is 1. The standard InChI is InChI=1S/C10H9NO.C10H20/c1-7-2-3-8-6-9(12)4-5-10(8)11-7;1-10(2,3)9-7-5-4-6-8-9/h2-6,12H,1H3;9H,4-8H2,1-3H3. The number of fused-ring (bicyclic) bond motifs is 1. The van der Waals surface area contributed by atoms with Crippen molar-refractivity contribution in [3.05, 3.63) is 36.0 Å². The van der Waals surface area contributed by atoms with E-state index in [2.05, 4.69) is 25.8 Å². The van der Waals surface area contributed by atoms with Crippen molar-refractivity contribution in [1.29, 1.82) is 0 Å². The smallest absolute Gasteiger partial charge is 0.116 e. The van der Waals surface area contributed by atoms with Gasteiger partial charge in [0.15, 0.2) is 0 Å². The molecule has 3 rings (SSSR count). The molecule has 1 aliphatic rings. The highest BCUT2D eigenvalue weighted by molar-refractivity contribution is 5.80. The normalized spacial score (nSPS) is 16.2. The molecule has 0 bridgehead atoms. The first-order valence-electron chi connectivity index (χ1n) is 8.42. The third kappa shape index (κ3) is 4.72. The summed E-state index contributed by atoms with van der Waals surface area (Å²) >= 11 is 0. The number of hydrogen-bond donors (Lipinski definition) is 1. The van der Waals surface area contributed by atoms with E-state index in [4.69, 9.17) is 0 Å². The molecule has 0 atom stereocenters. The van der Waals surface area contributed by atoms with Crippen LogP contribution in [-0.4, -0.2) is 10.1 Å². The fourth-order valence-corrected chi connectivity index (χ4v) is 3.18. The predicted octanol–water partition coefficient (Wildman–Crippen LogP) is 5.86. The molecule has 0 aliphatic heterocycles. The number of rotatable bonds is 0. The SMILES string of the molecule is CC(C)(C)C1CCCCC1.Cc1ccc2cc(O)ccc2n1. The minimum Gasteiger partial charge on any atom is -0.508 e. The van der Waals surface area contributed by atoms with Crippen molar-refractivity contribution < 1.29 is 5.11 Å². The van der Waals surface area contributed by atoms with Crippen LogP contribution in [0.4, 0.5) is 0 Å². The molecule has 2 heteroatoms. The number of aromatic hydroxyl groups is 1. The molecular weight excluding hydrogens is 270 g/mol. The van der Waals surface area contributed by atoms with Gasteiger partial charge in [-0.25, -0.2) is 0 Å². The van der Waals surface area contributed by atoms with E-state index in [9.17, 15) is 5.11 Å². The molecule has 1 aromatic carbocycles. The van der Waals surface area contributed by atoms with Gasteiger partial charge >= 0.3 is 0 Å². The highest BCUT2D eigenvalue weighted by Crippen LogP contribution is 2.37. The van der Waals surface area contributed by atoms with Gasteiger partial charge in [-0.3, -0.25) is 4.98 Å². The van der Waals surface area contributed by atoms with E-state index in [0.717, 1.165) is 22.5 Å². The summed E-state index contributed by atoms with van der Waals surface area (Å²) in [5.41, 5.74) is 2.49. The van der Waals surface area contributed by atoms with E-state index in [1.165, 1.54) is 32.1 Å². The van der Waals surface area contributed by atoms with Crippen LogP contribution in [0.5, 0.6) is 5.75 Å². The van der Waals surface area contributed by atoms with E-state index in [1.807, 2.05) is 25.1 Å². The Balaban J connectivity index is 0.000000164. The predicted molar refractivity (Wildman–Crippen MR) is 94.2 cm³/mol. The number of nitrogens with zero attached hydrogens (tertiary/aromatic N) is 1. The molecule has 2 aromatic rings. The Labute approximate surface area is 134 Å². The van der Waals surface area contributed by atoms with Crippen LogP contribution >= 0.6 is 0 Å². The maximum absolute atomic E-state index is 9.17. The van der Waals surface area contributed by atoms with Crippen LogP contribution in [0.1, 0.15) is 58.6 Å².